The van der Waals surface area contributed by atoms with Gasteiger partial charge < -0.3 is 10.1 Å². The van der Waals surface area contributed by atoms with Gasteiger partial charge in [-0.3, -0.25) is 0 Å². The van der Waals surface area contributed by atoms with Crippen molar-refractivity contribution in [2.75, 3.05) is 13.1 Å². The van der Waals surface area contributed by atoms with Crippen LogP contribution in [0.4, 0.5) is 0 Å². The third-order valence-electron chi connectivity index (χ3n) is 2.30. The Bertz CT molecular complexity index is 155. The van der Waals surface area contributed by atoms with E-state index in [1.807, 2.05) is 0 Å². The van der Waals surface area contributed by atoms with Crippen LogP contribution >= 0.6 is 0 Å². The molecule has 0 aromatic carbocycles. The summed E-state index contributed by atoms with van der Waals surface area (Å²) in [7, 11) is 0. The average Bonchev–Trinajstić information content (AvgIpc) is 2.00. The van der Waals surface area contributed by atoms with Crippen LogP contribution in [0.15, 0.2) is 0 Å². The van der Waals surface area contributed by atoms with Gasteiger partial charge >= 0.3 is 0 Å². The van der Waals surface area contributed by atoms with Crippen LogP contribution in [0.3, 0.4) is 0 Å². The van der Waals surface area contributed by atoms with E-state index in [4.69, 9.17) is 4.74 Å². The van der Waals surface area contributed by atoms with Gasteiger partial charge in [-0.2, -0.15) is 0 Å². The molecular formula is C13H29NO. The quantitative estimate of drug-likeness (QED) is 0.628. The maximum absolute atomic E-state index is 6.03. The van der Waals surface area contributed by atoms with Crippen molar-refractivity contribution in [2.45, 2.75) is 66.1 Å². The van der Waals surface area contributed by atoms with Crippen molar-refractivity contribution in [1.82, 2.24) is 5.32 Å². The molecule has 1 atom stereocenters. The zero-order valence-electron chi connectivity index (χ0n) is 11.4. The van der Waals surface area contributed by atoms with Crippen LogP contribution in [0.2, 0.25) is 0 Å². The van der Waals surface area contributed by atoms with Crippen molar-refractivity contribution >= 4 is 0 Å². The molecule has 0 aliphatic carbocycles. The highest BCUT2D eigenvalue weighted by molar-refractivity contribution is 4.73. The largest absolute Gasteiger partial charge is 0.371 e. The van der Waals surface area contributed by atoms with E-state index < -0.39 is 0 Å². The fourth-order valence-electron chi connectivity index (χ4n) is 1.86. The number of nitrogens with one attached hydrogen (secondary N) is 1. The van der Waals surface area contributed by atoms with Crippen LogP contribution in [0, 0.1) is 5.92 Å². The molecule has 0 radical (unpaired) electrons. The molecule has 1 unspecified atom stereocenters. The van der Waals surface area contributed by atoms with E-state index in [0.717, 1.165) is 19.5 Å². The first-order valence-electron chi connectivity index (χ1n) is 6.26. The van der Waals surface area contributed by atoms with Crippen molar-refractivity contribution in [3.05, 3.63) is 0 Å². The predicted octanol–water partition coefficient (Wildman–Crippen LogP) is 3.22. The lowest BCUT2D eigenvalue weighted by Gasteiger charge is -2.30. The molecule has 0 amide bonds. The minimum atomic E-state index is -0.0521. The second kappa shape index (κ2) is 7.24. The first-order chi connectivity index (χ1) is 6.87. The van der Waals surface area contributed by atoms with Crippen LogP contribution in [-0.2, 0) is 4.74 Å². The molecule has 15 heavy (non-hydrogen) atoms. The summed E-state index contributed by atoms with van der Waals surface area (Å²) < 4.78 is 6.03. The molecule has 0 saturated heterocycles. The molecule has 0 aromatic rings. The first-order valence-corrected chi connectivity index (χ1v) is 6.26. The fourth-order valence-corrected chi connectivity index (χ4v) is 1.86. The monoisotopic (exact) mass is 215 g/mol. The molecule has 0 aliphatic rings. The Morgan fingerprint density at radius 2 is 1.80 bits per heavy atom. The first kappa shape index (κ1) is 14.9. The van der Waals surface area contributed by atoms with Gasteiger partial charge in [0.25, 0.3) is 0 Å². The molecule has 0 spiro atoms. The van der Waals surface area contributed by atoms with E-state index in [2.05, 4.69) is 46.9 Å². The molecule has 92 valence electrons. The predicted molar refractivity (Wildman–Crippen MR) is 67.2 cm³/mol. The zero-order valence-corrected chi connectivity index (χ0v) is 11.4. The SMILES string of the molecule is CCCNCC(C)(C)OC(C)CC(C)C. The molecule has 0 fully saturated rings. The average molecular weight is 215 g/mol. The maximum Gasteiger partial charge on any atom is 0.0753 e. The molecule has 2 nitrogen and oxygen atoms in total. The number of rotatable bonds is 8. The summed E-state index contributed by atoms with van der Waals surface area (Å²) in [6.07, 6.45) is 2.66. The lowest BCUT2D eigenvalue weighted by molar-refractivity contribution is -0.0685. The van der Waals surface area contributed by atoms with E-state index in [9.17, 15) is 0 Å². The summed E-state index contributed by atoms with van der Waals surface area (Å²) in [6, 6.07) is 0. The van der Waals surface area contributed by atoms with E-state index in [1.54, 1.807) is 0 Å². The van der Waals surface area contributed by atoms with Crippen molar-refractivity contribution in [3.8, 4) is 0 Å². The molecule has 0 heterocycles. The van der Waals surface area contributed by atoms with Crippen LogP contribution in [0.1, 0.15) is 54.4 Å². The summed E-state index contributed by atoms with van der Waals surface area (Å²) in [5.74, 6) is 0.708. The molecule has 0 bridgehead atoms. The second-order valence-electron chi connectivity index (χ2n) is 5.49. The van der Waals surface area contributed by atoms with Gasteiger partial charge in [0.1, 0.15) is 0 Å². The van der Waals surface area contributed by atoms with Gasteiger partial charge in [-0.05, 0) is 46.1 Å². The summed E-state index contributed by atoms with van der Waals surface area (Å²) >= 11 is 0. The van der Waals surface area contributed by atoms with Crippen LogP contribution in [0.5, 0.6) is 0 Å². The Hall–Kier alpha value is -0.0800. The van der Waals surface area contributed by atoms with E-state index in [0.29, 0.717) is 12.0 Å². The standard InChI is InChI=1S/C13H29NO/c1-7-8-14-10-13(5,6)15-12(4)9-11(2)3/h11-12,14H,7-10H2,1-6H3. The van der Waals surface area contributed by atoms with Gasteiger partial charge in [0.05, 0.1) is 11.7 Å². The van der Waals surface area contributed by atoms with Crippen molar-refractivity contribution in [1.29, 1.82) is 0 Å². The van der Waals surface area contributed by atoms with Crippen LogP contribution < -0.4 is 5.32 Å². The van der Waals surface area contributed by atoms with Crippen molar-refractivity contribution < 1.29 is 4.74 Å². The highest BCUT2D eigenvalue weighted by Gasteiger charge is 2.21. The summed E-state index contributed by atoms with van der Waals surface area (Å²) in [4.78, 5) is 0. The van der Waals surface area contributed by atoms with Gasteiger partial charge in [0, 0.05) is 6.54 Å². The zero-order chi connectivity index (χ0) is 11.9. The normalized spacial score (nSPS) is 14.6. The second-order valence-corrected chi connectivity index (χ2v) is 5.49. The number of ether oxygens (including phenoxy) is 1. The molecule has 0 aromatic heterocycles. The highest BCUT2D eigenvalue weighted by atomic mass is 16.5. The Morgan fingerprint density at radius 3 is 2.27 bits per heavy atom. The Balaban J connectivity index is 3.79. The summed E-state index contributed by atoms with van der Waals surface area (Å²) in [5.41, 5.74) is -0.0521. The molecule has 0 aliphatic heterocycles. The Kier molecular flexibility index (Phi) is 7.20. The topological polar surface area (TPSA) is 21.3 Å². The Morgan fingerprint density at radius 1 is 1.20 bits per heavy atom. The maximum atomic E-state index is 6.03. The van der Waals surface area contributed by atoms with Gasteiger partial charge in [-0.25, -0.2) is 0 Å². The minimum absolute atomic E-state index is 0.0521. The van der Waals surface area contributed by atoms with Gasteiger partial charge in [0.15, 0.2) is 0 Å². The number of hydrogen-bond acceptors (Lipinski definition) is 2. The van der Waals surface area contributed by atoms with Gasteiger partial charge in [-0.1, -0.05) is 20.8 Å². The van der Waals surface area contributed by atoms with Crippen LogP contribution in [0.25, 0.3) is 0 Å². The van der Waals surface area contributed by atoms with Gasteiger partial charge in [0.2, 0.25) is 0 Å². The Labute approximate surface area is 95.8 Å². The lowest BCUT2D eigenvalue weighted by atomic mass is 10.1. The van der Waals surface area contributed by atoms with Crippen LogP contribution in [-0.4, -0.2) is 24.8 Å². The van der Waals surface area contributed by atoms with Gasteiger partial charge in [-0.15, -0.1) is 0 Å². The molecule has 0 rings (SSSR count). The number of hydrogen-bond donors (Lipinski definition) is 1. The minimum Gasteiger partial charge on any atom is -0.371 e. The fraction of sp³-hybridized carbons (Fsp3) is 1.00. The smallest absolute Gasteiger partial charge is 0.0753 e. The third-order valence-corrected chi connectivity index (χ3v) is 2.30. The lowest BCUT2D eigenvalue weighted by Crippen LogP contribution is -2.40. The van der Waals surface area contributed by atoms with Crippen molar-refractivity contribution in [3.63, 3.8) is 0 Å². The molecular weight excluding hydrogens is 186 g/mol. The van der Waals surface area contributed by atoms with Crippen molar-refractivity contribution in [2.24, 2.45) is 5.92 Å². The third kappa shape index (κ3) is 8.88. The highest BCUT2D eigenvalue weighted by Crippen LogP contribution is 2.16. The van der Waals surface area contributed by atoms with E-state index in [1.165, 1.54) is 6.42 Å². The summed E-state index contributed by atoms with van der Waals surface area (Å²) in [5, 5.41) is 3.41. The molecule has 0 saturated carbocycles. The molecule has 2 heteroatoms. The van der Waals surface area contributed by atoms with E-state index in [-0.39, 0.29) is 5.60 Å². The summed E-state index contributed by atoms with van der Waals surface area (Å²) in [6.45, 7) is 15.2. The van der Waals surface area contributed by atoms with E-state index >= 15 is 0 Å². The molecule has 1 N–H and O–H groups in total.